The van der Waals surface area contributed by atoms with E-state index >= 15 is 0 Å². The lowest BCUT2D eigenvalue weighted by atomic mass is 9.96. The number of benzene rings is 1. The quantitative estimate of drug-likeness (QED) is 0.784. The lowest BCUT2D eigenvalue weighted by Gasteiger charge is -2.23. The molecule has 0 saturated heterocycles. The van der Waals surface area contributed by atoms with Gasteiger partial charge in [-0.25, -0.2) is 4.79 Å². The average molecular weight is 233 g/mol. The molecule has 3 nitrogen and oxygen atoms in total. The molecule has 0 aliphatic carbocycles. The third kappa shape index (κ3) is 3.09. The van der Waals surface area contributed by atoms with E-state index in [2.05, 4.69) is 20.4 Å². The first kappa shape index (κ1) is 13.3. The molecular formula is C14H19NO2. The van der Waals surface area contributed by atoms with Crippen LogP contribution in [0.4, 0.5) is 10.5 Å². The molecule has 0 saturated carbocycles. The molecule has 1 atom stereocenters. The predicted octanol–water partition coefficient (Wildman–Crippen LogP) is 3.87. The molecule has 1 N–H and O–H groups in total. The number of hydrogen-bond donors (Lipinski definition) is 1. The molecule has 0 spiro atoms. The Labute approximate surface area is 102 Å². The topological polar surface area (TPSA) is 40.5 Å². The summed E-state index contributed by atoms with van der Waals surface area (Å²) in [6.45, 7) is 8.11. The minimum Gasteiger partial charge on any atom is -0.465 e. The molecule has 1 amide bonds. The van der Waals surface area contributed by atoms with Crippen LogP contribution >= 0.6 is 0 Å². The minimum atomic E-state index is -0.944. The highest BCUT2D eigenvalue weighted by Gasteiger charge is 2.18. The smallest absolute Gasteiger partial charge is 0.412 e. The summed E-state index contributed by atoms with van der Waals surface area (Å²) in [5.74, 6) is 0.345. The summed E-state index contributed by atoms with van der Waals surface area (Å²) < 4.78 is 0. The van der Waals surface area contributed by atoms with Crippen LogP contribution in [-0.2, 0) is 0 Å². The molecule has 1 rings (SSSR count). The predicted molar refractivity (Wildman–Crippen MR) is 70.7 cm³/mol. The monoisotopic (exact) mass is 233 g/mol. The number of nitrogens with zero attached hydrogens (tertiary/aromatic N) is 1. The number of rotatable bonds is 5. The van der Waals surface area contributed by atoms with Crippen molar-refractivity contribution in [2.24, 2.45) is 0 Å². The van der Waals surface area contributed by atoms with Crippen molar-refractivity contribution in [1.82, 2.24) is 0 Å². The van der Waals surface area contributed by atoms with E-state index < -0.39 is 6.09 Å². The minimum absolute atomic E-state index is 0.308. The molecule has 3 heteroatoms. The second-order valence-electron chi connectivity index (χ2n) is 4.05. The van der Waals surface area contributed by atoms with Crippen LogP contribution in [0, 0.1) is 0 Å². The van der Waals surface area contributed by atoms with Gasteiger partial charge in [-0.15, -0.1) is 6.58 Å². The lowest BCUT2D eigenvalue weighted by Crippen LogP contribution is -2.30. The third-order valence-corrected chi connectivity index (χ3v) is 2.91. The van der Waals surface area contributed by atoms with Crippen molar-refractivity contribution in [3.05, 3.63) is 42.5 Å². The molecule has 0 radical (unpaired) electrons. The van der Waals surface area contributed by atoms with Crippen LogP contribution in [0.3, 0.4) is 0 Å². The van der Waals surface area contributed by atoms with Gasteiger partial charge in [0.1, 0.15) is 0 Å². The van der Waals surface area contributed by atoms with E-state index in [9.17, 15) is 9.90 Å². The fourth-order valence-electron chi connectivity index (χ4n) is 1.78. The van der Waals surface area contributed by atoms with Crippen LogP contribution in [0.15, 0.2) is 36.9 Å². The van der Waals surface area contributed by atoms with E-state index in [0.29, 0.717) is 12.5 Å². The molecular weight excluding hydrogens is 214 g/mol. The summed E-state index contributed by atoms with van der Waals surface area (Å²) in [6.07, 6.45) is 1.64. The lowest BCUT2D eigenvalue weighted by molar-refractivity contribution is 0.202. The standard InChI is InChI=1S/C14H19NO2/c1-4-10-15(14(16)17)13-9-7-6-8-12(13)11(3)5-2/h4,6-9,11H,1,5,10H2,2-3H3,(H,16,17). The zero-order chi connectivity index (χ0) is 12.8. The van der Waals surface area contributed by atoms with Gasteiger partial charge in [-0.05, 0) is 24.0 Å². The van der Waals surface area contributed by atoms with E-state index in [1.165, 1.54) is 4.90 Å². The maximum atomic E-state index is 11.2. The zero-order valence-corrected chi connectivity index (χ0v) is 10.4. The summed E-state index contributed by atoms with van der Waals surface area (Å²) in [5, 5.41) is 9.21. The molecule has 1 aromatic rings. The molecule has 1 unspecified atom stereocenters. The normalized spacial score (nSPS) is 11.9. The average Bonchev–Trinajstić information content (AvgIpc) is 2.34. The number of anilines is 1. The van der Waals surface area contributed by atoms with Gasteiger partial charge in [-0.2, -0.15) is 0 Å². The van der Waals surface area contributed by atoms with Gasteiger partial charge >= 0.3 is 6.09 Å². The first-order valence-corrected chi connectivity index (χ1v) is 5.82. The Hall–Kier alpha value is -1.77. The van der Waals surface area contributed by atoms with Crippen molar-refractivity contribution in [3.63, 3.8) is 0 Å². The summed E-state index contributed by atoms with van der Waals surface area (Å²) in [6, 6.07) is 7.64. The summed E-state index contributed by atoms with van der Waals surface area (Å²) >= 11 is 0. The van der Waals surface area contributed by atoms with Gasteiger partial charge in [0, 0.05) is 6.54 Å². The molecule has 0 heterocycles. The van der Waals surface area contributed by atoms with Crippen molar-refractivity contribution in [1.29, 1.82) is 0 Å². The van der Waals surface area contributed by atoms with E-state index in [-0.39, 0.29) is 0 Å². The van der Waals surface area contributed by atoms with Crippen LogP contribution in [0.25, 0.3) is 0 Å². The Kier molecular flexibility index (Phi) is 4.76. The third-order valence-electron chi connectivity index (χ3n) is 2.91. The highest BCUT2D eigenvalue weighted by atomic mass is 16.4. The Morgan fingerprint density at radius 3 is 2.71 bits per heavy atom. The SMILES string of the molecule is C=CCN(C(=O)O)c1ccccc1C(C)CC. The van der Waals surface area contributed by atoms with Crippen LogP contribution in [0.5, 0.6) is 0 Å². The van der Waals surface area contributed by atoms with Crippen molar-refractivity contribution in [3.8, 4) is 0 Å². The fourth-order valence-corrected chi connectivity index (χ4v) is 1.78. The molecule has 0 aliphatic heterocycles. The number of amides is 1. The van der Waals surface area contributed by atoms with Gasteiger partial charge in [0.25, 0.3) is 0 Å². The largest absolute Gasteiger partial charge is 0.465 e. The van der Waals surface area contributed by atoms with Gasteiger partial charge in [0.2, 0.25) is 0 Å². The molecule has 0 bridgehead atoms. The fraction of sp³-hybridized carbons (Fsp3) is 0.357. The Bertz CT molecular complexity index is 401. The van der Waals surface area contributed by atoms with Crippen molar-refractivity contribution >= 4 is 11.8 Å². The Morgan fingerprint density at radius 2 is 2.18 bits per heavy atom. The molecule has 0 aromatic heterocycles. The highest BCUT2D eigenvalue weighted by molar-refractivity contribution is 5.87. The first-order chi connectivity index (χ1) is 8.11. The number of para-hydroxylation sites is 1. The second-order valence-corrected chi connectivity index (χ2v) is 4.05. The van der Waals surface area contributed by atoms with Crippen LogP contribution in [0.2, 0.25) is 0 Å². The van der Waals surface area contributed by atoms with Crippen molar-refractivity contribution in [2.45, 2.75) is 26.2 Å². The highest BCUT2D eigenvalue weighted by Crippen LogP contribution is 2.29. The maximum Gasteiger partial charge on any atom is 0.412 e. The molecule has 17 heavy (non-hydrogen) atoms. The van der Waals surface area contributed by atoms with Crippen molar-refractivity contribution < 1.29 is 9.90 Å². The van der Waals surface area contributed by atoms with Gasteiger partial charge in [-0.1, -0.05) is 38.1 Å². The van der Waals surface area contributed by atoms with Crippen LogP contribution in [0.1, 0.15) is 31.7 Å². The van der Waals surface area contributed by atoms with E-state index in [1.54, 1.807) is 6.08 Å². The van der Waals surface area contributed by atoms with Crippen LogP contribution < -0.4 is 4.90 Å². The number of carbonyl (C=O) groups is 1. The molecule has 1 aromatic carbocycles. The Morgan fingerprint density at radius 1 is 1.53 bits per heavy atom. The summed E-state index contributed by atoms with van der Waals surface area (Å²) in [4.78, 5) is 12.6. The number of carboxylic acid groups (broad SMARTS) is 1. The van der Waals surface area contributed by atoms with Gasteiger partial charge in [-0.3, -0.25) is 4.90 Å². The molecule has 0 fully saturated rings. The van der Waals surface area contributed by atoms with Gasteiger partial charge in [0.05, 0.1) is 5.69 Å². The summed E-state index contributed by atoms with van der Waals surface area (Å²) in [5.41, 5.74) is 1.83. The van der Waals surface area contributed by atoms with E-state index in [4.69, 9.17) is 0 Å². The van der Waals surface area contributed by atoms with E-state index in [1.807, 2.05) is 24.3 Å². The molecule has 92 valence electrons. The Balaban J connectivity index is 3.17. The summed E-state index contributed by atoms with van der Waals surface area (Å²) in [7, 11) is 0. The maximum absolute atomic E-state index is 11.2. The van der Waals surface area contributed by atoms with Gasteiger partial charge in [0.15, 0.2) is 0 Å². The van der Waals surface area contributed by atoms with Crippen molar-refractivity contribution in [2.75, 3.05) is 11.4 Å². The van der Waals surface area contributed by atoms with E-state index in [0.717, 1.165) is 17.7 Å². The van der Waals surface area contributed by atoms with Crippen LogP contribution in [-0.4, -0.2) is 17.7 Å². The van der Waals surface area contributed by atoms with Gasteiger partial charge < -0.3 is 5.11 Å². The first-order valence-electron chi connectivity index (χ1n) is 5.82. The second kappa shape index (κ2) is 6.09. The molecule has 0 aliphatic rings. The number of hydrogen-bond acceptors (Lipinski definition) is 1. The zero-order valence-electron chi connectivity index (χ0n) is 10.4.